The molecule has 0 bridgehead atoms. The Morgan fingerprint density at radius 2 is 2.11 bits per heavy atom. The minimum atomic E-state index is 0.0455. The average molecular weight is 383 g/mol. The maximum atomic E-state index is 13.2. The quantitative estimate of drug-likeness (QED) is 0.792. The van der Waals surface area contributed by atoms with Gasteiger partial charge in [-0.15, -0.1) is 10.2 Å². The fraction of sp³-hybridized carbons (Fsp3) is 0.619. The number of carbonyl (C=O) groups excluding carboxylic acids is 1. The predicted octanol–water partition coefficient (Wildman–Crippen LogP) is 3.28. The molecule has 7 heteroatoms. The molecular weight excluding hydrogens is 354 g/mol. The number of ether oxygens (including phenoxy) is 1. The first kappa shape index (κ1) is 18.9. The van der Waals surface area contributed by atoms with Crippen molar-refractivity contribution in [1.82, 2.24) is 24.6 Å². The molecule has 2 aliphatic rings. The van der Waals surface area contributed by atoms with Crippen LogP contribution in [0.2, 0.25) is 0 Å². The highest BCUT2D eigenvalue weighted by Gasteiger charge is 2.50. The molecule has 0 N–H and O–H groups in total. The van der Waals surface area contributed by atoms with Crippen molar-refractivity contribution in [2.75, 3.05) is 20.2 Å². The number of amides is 1. The lowest BCUT2D eigenvalue weighted by atomic mass is 9.67. The third-order valence-electron chi connectivity index (χ3n) is 6.40. The Kier molecular flexibility index (Phi) is 5.33. The first-order valence-corrected chi connectivity index (χ1v) is 10.3. The fourth-order valence-electron chi connectivity index (χ4n) is 5.00. The minimum absolute atomic E-state index is 0.0455. The van der Waals surface area contributed by atoms with Gasteiger partial charge in [-0.05, 0) is 30.7 Å². The van der Waals surface area contributed by atoms with Crippen LogP contribution in [0, 0.1) is 5.41 Å². The standard InChI is InChI=1S/C21H29N5O2/c1-3-11-25-15-23-24-19(25)17-13-26(14-21(17)9-5-4-6-10-21)20(27)16-7-8-18(28-2)22-12-16/h7-8,12,15,17H,3-6,9-11,13-14H2,1-2H3. The number of hydrogen-bond donors (Lipinski definition) is 0. The summed E-state index contributed by atoms with van der Waals surface area (Å²) < 4.78 is 7.30. The normalized spacial score (nSPS) is 21.2. The number of aromatic nitrogens is 4. The lowest BCUT2D eigenvalue weighted by Crippen LogP contribution is -2.34. The molecule has 150 valence electrons. The van der Waals surface area contributed by atoms with Gasteiger partial charge in [0, 0.05) is 37.8 Å². The number of likely N-dealkylation sites (tertiary alicyclic amines) is 1. The lowest BCUT2D eigenvalue weighted by Gasteiger charge is -2.37. The van der Waals surface area contributed by atoms with E-state index in [1.54, 1.807) is 25.4 Å². The van der Waals surface area contributed by atoms with Gasteiger partial charge in [0.05, 0.1) is 12.7 Å². The van der Waals surface area contributed by atoms with Crippen molar-refractivity contribution in [2.24, 2.45) is 5.41 Å². The summed E-state index contributed by atoms with van der Waals surface area (Å²) in [6, 6.07) is 3.55. The first-order valence-electron chi connectivity index (χ1n) is 10.3. The van der Waals surface area contributed by atoms with Gasteiger partial charge in [0.15, 0.2) is 0 Å². The van der Waals surface area contributed by atoms with Gasteiger partial charge in [0.2, 0.25) is 5.88 Å². The van der Waals surface area contributed by atoms with Gasteiger partial charge in [-0.2, -0.15) is 0 Å². The van der Waals surface area contributed by atoms with Crippen LogP contribution in [0.1, 0.15) is 67.5 Å². The van der Waals surface area contributed by atoms with Crippen LogP contribution in [-0.4, -0.2) is 50.8 Å². The van der Waals surface area contributed by atoms with Gasteiger partial charge in [0.25, 0.3) is 5.91 Å². The monoisotopic (exact) mass is 383 g/mol. The summed E-state index contributed by atoms with van der Waals surface area (Å²) in [6.45, 7) is 4.58. The molecule has 1 atom stereocenters. The summed E-state index contributed by atoms with van der Waals surface area (Å²) in [6.07, 6.45) is 10.5. The summed E-state index contributed by atoms with van der Waals surface area (Å²) in [5.41, 5.74) is 0.731. The summed E-state index contributed by atoms with van der Waals surface area (Å²) in [7, 11) is 1.58. The predicted molar refractivity (Wildman–Crippen MR) is 105 cm³/mol. The van der Waals surface area contributed by atoms with E-state index < -0.39 is 0 Å². The highest BCUT2D eigenvalue weighted by atomic mass is 16.5. The van der Waals surface area contributed by atoms with Crippen molar-refractivity contribution in [2.45, 2.75) is 57.9 Å². The van der Waals surface area contributed by atoms with Crippen molar-refractivity contribution in [3.8, 4) is 5.88 Å². The SMILES string of the molecule is CCCn1cnnc1C1CN(C(=O)c2ccc(OC)nc2)CC12CCCCC2. The van der Waals surface area contributed by atoms with Crippen LogP contribution in [0.25, 0.3) is 0 Å². The van der Waals surface area contributed by atoms with Gasteiger partial charge in [-0.1, -0.05) is 26.2 Å². The molecule has 28 heavy (non-hydrogen) atoms. The number of rotatable bonds is 5. The van der Waals surface area contributed by atoms with E-state index in [0.717, 1.165) is 38.2 Å². The van der Waals surface area contributed by atoms with Crippen LogP contribution >= 0.6 is 0 Å². The van der Waals surface area contributed by atoms with Gasteiger partial charge in [-0.3, -0.25) is 4.79 Å². The van der Waals surface area contributed by atoms with Crippen molar-refractivity contribution in [1.29, 1.82) is 0 Å². The molecule has 0 aromatic carbocycles. The van der Waals surface area contributed by atoms with Gasteiger partial charge < -0.3 is 14.2 Å². The Bertz CT molecular complexity index is 810. The molecule has 2 aromatic heterocycles. The summed E-state index contributed by atoms with van der Waals surface area (Å²) in [5.74, 6) is 1.86. The second kappa shape index (κ2) is 7.89. The zero-order valence-electron chi connectivity index (χ0n) is 16.8. The fourth-order valence-corrected chi connectivity index (χ4v) is 5.00. The number of methoxy groups -OCH3 is 1. The summed E-state index contributed by atoms with van der Waals surface area (Å²) >= 11 is 0. The van der Waals surface area contributed by atoms with E-state index in [-0.39, 0.29) is 17.2 Å². The Balaban J connectivity index is 1.62. The van der Waals surface area contributed by atoms with Crippen LogP contribution in [0.4, 0.5) is 0 Å². The highest BCUT2D eigenvalue weighted by Crippen LogP contribution is 2.51. The van der Waals surface area contributed by atoms with Gasteiger partial charge in [-0.25, -0.2) is 4.98 Å². The van der Waals surface area contributed by atoms with E-state index in [4.69, 9.17) is 4.74 Å². The number of carbonyl (C=O) groups is 1. The van der Waals surface area contributed by atoms with Gasteiger partial charge in [0.1, 0.15) is 12.2 Å². The number of aryl methyl sites for hydroxylation is 1. The molecule has 0 radical (unpaired) electrons. The van der Waals surface area contributed by atoms with E-state index in [1.807, 2.05) is 11.2 Å². The van der Waals surface area contributed by atoms with Crippen LogP contribution in [0.3, 0.4) is 0 Å². The molecule has 4 rings (SSSR count). The number of hydrogen-bond acceptors (Lipinski definition) is 5. The Labute approximate surface area is 166 Å². The summed E-state index contributed by atoms with van der Waals surface area (Å²) in [5, 5.41) is 8.70. The molecule has 1 unspecified atom stereocenters. The van der Waals surface area contributed by atoms with Crippen LogP contribution in [0.15, 0.2) is 24.7 Å². The maximum absolute atomic E-state index is 13.2. The van der Waals surface area contributed by atoms with Crippen molar-refractivity contribution in [3.05, 3.63) is 36.0 Å². The van der Waals surface area contributed by atoms with Gasteiger partial charge >= 0.3 is 0 Å². The third-order valence-corrected chi connectivity index (χ3v) is 6.40. The Morgan fingerprint density at radius 3 is 2.79 bits per heavy atom. The molecule has 2 aromatic rings. The minimum Gasteiger partial charge on any atom is -0.481 e. The van der Waals surface area contributed by atoms with E-state index in [2.05, 4.69) is 26.7 Å². The zero-order chi connectivity index (χ0) is 19.6. The third kappa shape index (κ3) is 3.38. The molecule has 1 spiro atoms. The van der Waals surface area contributed by atoms with Crippen molar-refractivity contribution < 1.29 is 9.53 Å². The van der Waals surface area contributed by atoms with Crippen LogP contribution in [0.5, 0.6) is 5.88 Å². The average Bonchev–Trinajstić information content (AvgIpc) is 3.33. The van der Waals surface area contributed by atoms with Crippen molar-refractivity contribution >= 4 is 5.91 Å². The molecule has 2 fully saturated rings. The largest absolute Gasteiger partial charge is 0.481 e. The lowest BCUT2D eigenvalue weighted by molar-refractivity contribution is 0.0757. The number of pyridine rings is 1. The molecule has 3 heterocycles. The highest BCUT2D eigenvalue weighted by molar-refractivity contribution is 5.94. The smallest absolute Gasteiger partial charge is 0.255 e. The van der Waals surface area contributed by atoms with E-state index in [0.29, 0.717) is 18.0 Å². The molecule has 1 saturated heterocycles. The molecule has 1 saturated carbocycles. The zero-order valence-corrected chi connectivity index (χ0v) is 16.8. The second-order valence-corrected chi connectivity index (χ2v) is 8.13. The Morgan fingerprint density at radius 1 is 1.29 bits per heavy atom. The Hall–Kier alpha value is -2.44. The van der Waals surface area contributed by atoms with E-state index >= 15 is 0 Å². The second-order valence-electron chi connectivity index (χ2n) is 8.13. The molecular formula is C21H29N5O2. The maximum Gasteiger partial charge on any atom is 0.255 e. The molecule has 1 amide bonds. The topological polar surface area (TPSA) is 73.1 Å². The van der Waals surface area contributed by atoms with Crippen LogP contribution < -0.4 is 4.74 Å². The van der Waals surface area contributed by atoms with E-state index in [1.165, 1.54) is 19.3 Å². The first-order chi connectivity index (χ1) is 13.7. The number of nitrogens with zero attached hydrogens (tertiary/aromatic N) is 5. The van der Waals surface area contributed by atoms with Crippen molar-refractivity contribution in [3.63, 3.8) is 0 Å². The molecule has 1 aliphatic heterocycles. The van der Waals surface area contributed by atoms with Crippen LogP contribution in [-0.2, 0) is 6.54 Å². The molecule has 7 nitrogen and oxygen atoms in total. The van der Waals surface area contributed by atoms with E-state index in [9.17, 15) is 4.79 Å². The summed E-state index contributed by atoms with van der Waals surface area (Å²) in [4.78, 5) is 19.4. The molecule has 1 aliphatic carbocycles.